The average Bonchev–Trinajstić information content (AvgIpc) is 3.01. The van der Waals surface area contributed by atoms with Crippen LogP contribution in [0.25, 0.3) is 0 Å². The molecule has 0 fully saturated rings. The Bertz CT molecular complexity index is 571. The summed E-state index contributed by atoms with van der Waals surface area (Å²) in [5, 5.41) is 6.97. The number of oxime groups is 1. The lowest BCUT2D eigenvalue weighted by Gasteiger charge is -2.28. The van der Waals surface area contributed by atoms with Crippen molar-refractivity contribution < 1.29 is 9.63 Å². The van der Waals surface area contributed by atoms with Crippen LogP contribution in [0.1, 0.15) is 30.9 Å². The van der Waals surface area contributed by atoms with E-state index in [1.807, 2.05) is 0 Å². The topological polar surface area (TPSA) is 53.9 Å². The molecule has 5 nitrogen and oxygen atoms in total. The predicted octanol–water partition coefficient (Wildman–Crippen LogP) is 1.72. The molecular formula is C17H23N3O2. The van der Waals surface area contributed by atoms with Crippen molar-refractivity contribution in [1.29, 1.82) is 0 Å². The van der Waals surface area contributed by atoms with Crippen LogP contribution in [0.4, 0.5) is 0 Å². The number of nitrogens with zero attached hydrogens (tertiary/aromatic N) is 2. The van der Waals surface area contributed by atoms with Gasteiger partial charge in [-0.1, -0.05) is 36.3 Å². The van der Waals surface area contributed by atoms with Gasteiger partial charge in [0.05, 0.1) is 18.8 Å². The van der Waals surface area contributed by atoms with Gasteiger partial charge in [-0.2, -0.15) is 0 Å². The van der Waals surface area contributed by atoms with Gasteiger partial charge < -0.3 is 10.2 Å². The summed E-state index contributed by atoms with van der Waals surface area (Å²) in [4.78, 5) is 19.6. The van der Waals surface area contributed by atoms with Gasteiger partial charge in [0.1, 0.15) is 6.10 Å². The normalized spacial score (nSPS) is 21.0. The van der Waals surface area contributed by atoms with Crippen LogP contribution in [0, 0.1) is 0 Å². The summed E-state index contributed by atoms with van der Waals surface area (Å²) >= 11 is 0. The summed E-state index contributed by atoms with van der Waals surface area (Å²) in [6.07, 6.45) is 2.76. The van der Waals surface area contributed by atoms with Crippen molar-refractivity contribution in [2.45, 2.75) is 38.8 Å². The molecule has 0 aromatic heterocycles. The maximum atomic E-state index is 12.1. The van der Waals surface area contributed by atoms with Crippen LogP contribution in [0.15, 0.2) is 29.4 Å². The van der Waals surface area contributed by atoms with Crippen LogP contribution in [0.3, 0.4) is 0 Å². The molecule has 0 bridgehead atoms. The fraction of sp³-hybridized carbons (Fsp3) is 0.529. The maximum Gasteiger partial charge on any atom is 0.234 e. The molecule has 1 amide bonds. The van der Waals surface area contributed by atoms with E-state index in [9.17, 15) is 4.79 Å². The molecule has 2 aliphatic rings. The molecule has 0 saturated carbocycles. The number of benzene rings is 1. The smallest absolute Gasteiger partial charge is 0.234 e. The Morgan fingerprint density at radius 1 is 1.41 bits per heavy atom. The Labute approximate surface area is 131 Å². The summed E-state index contributed by atoms with van der Waals surface area (Å²) in [5.41, 5.74) is 3.82. The SMILES string of the molecule is CCC1=NO[C@H](CNC(=O)CN2CCc3ccccc3C2)C1. The molecule has 0 radical (unpaired) electrons. The zero-order valence-corrected chi connectivity index (χ0v) is 13.0. The minimum absolute atomic E-state index is 0.000909. The molecule has 1 aromatic carbocycles. The minimum atomic E-state index is 0.000909. The first kappa shape index (κ1) is 15.0. The van der Waals surface area contributed by atoms with Crippen LogP contribution in [0.2, 0.25) is 0 Å². The Morgan fingerprint density at radius 2 is 2.23 bits per heavy atom. The number of hydrogen-bond acceptors (Lipinski definition) is 4. The quantitative estimate of drug-likeness (QED) is 0.901. The van der Waals surface area contributed by atoms with Crippen LogP contribution >= 0.6 is 0 Å². The van der Waals surface area contributed by atoms with Crippen molar-refractivity contribution in [2.75, 3.05) is 19.6 Å². The number of amides is 1. The Kier molecular flexibility index (Phi) is 4.73. The zero-order chi connectivity index (χ0) is 15.4. The predicted molar refractivity (Wildman–Crippen MR) is 85.6 cm³/mol. The maximum absolute atomic E-state index is 12.1. The first-order valence-electron chi connectivity index (χ1n) is 8.02. The molecule has 22 heavy (non-hydrogen) atoms. The lowest BCUT2D eigenvalue weighted by Crippen LogP contribution is -2.42. The summed E-state index contributed by atoms with van der Waals surface area (Å²) < 4.78 is 0. The molecule has 2 heterocycles. The largest absolute Gasteiger partial charge is 0.390 e. The first-order valence-corrected chi connectivity index (χ1v) is 8.02. The van der Waals surface area contributed by atoms with Gasteiger partial charge in [0.15, 0.2) is 0 Å². The highest BCUT2D eigenvalue weighted by molar-refractivity contribution is 5.85. The van der Waals surface area contributed by atoms with Crippen LogP contribution in [-0.4, -0.2) is 42.3 Å². The standard InChI is InChI=1S/C17H23N3O2/c1-2-15-9-16(22-19-15)10-18-17(21)12-20-8-7-13-5-3-4-6-14(13)11-20/h3-6,16H,2,7-12H2,1H3,(H,18,21)/t16-/m0/s1. The third kappa shape index (κ3) is 3.65. The van der Waals surface area contributed by atoms with Crippen molar-refractivity contribution in [3.05, 3.63) is 35.4 Å². The van der Waals surface area contributed by atoms with E-state index in [2.05, 4.69) is 46.6 Å². The molecule has 1 N–H and O–H groups in total. The van der Waals surface area contributed by atoms with Gasteiger partial charge in [0, 0.05) is 19.5 Å². The Balaban J connectivity index is 1.42. The van der Waals surface area contributed by atoms with Crippen LogP contribution in [-0.2, 0) is 22.6 Å². The van der Waals surface area contributed by atoms with Crippen LogP contribution in [0.5, 0.6) is 0 Å². The van der Waals surface area contributed by atoms with Crippen molar-refractivity contribution in [3.8, 4) is 0 Å². The number of fused-ring (bicyclic) bond motifs is 1. The zero-order valence-electron chi connectivity index (χ0n) is 13.0. The highest BCUT2D eigenvalue weighted by atomic mass is 16.6. The molecule has 3 rings (SSSR count). The molecule has 1 aromatic rings. The Hall–Kier alpha value is -1.88. The monoisotopic (exact) mass is 301 g/mol. The molecule has 0 spiro atoms. The van der Waals surface area contributed by atoms with Gasteiger partial charge in [0.2, 0.25) is 5.91 Å². The molecule has 2 aliphatic heterocycles. The second-order valence-electron chi connectivity index (χ2n) is 5.98. The van der Waals surface area contributed by atoms with E-state index in [0.29, 0.717) is 13.1 Å². The van der Waals surface area contributed by atoms with Crippen LogP contribution < -0.4 is 5.32 Å². The Morgan fingerprint density at radius 3 is 3.00 bits per heavy atom. The lowest BCUT2D eigenvalue weighted by atomic mass is 10.00. The lowest BCUT2D eigenvalue weighted by molar-refractivity contribution is -0.123. The number of carbonyl (C=O) groups is 1. The van der Waals surface area contributed by atoms with Gasteiger partial charge in [-0.3, -0.25) is 9.69 Å². The first-order chi connectivity index (χ1) is 10.7. The van der Waals surface area contributed by atoms with E-state index in [1.54, 1.807) is 0 Å². The van der Waals surface area contributed by atoms with E-state index in [0.717, 1.165) is 38.1 Å². The summed E-state index contributed by atoms with van der Waals surface area (Å²) in [5.74, 6) is 0.0629. The van der Waals surface area contributed by atoms with Gasteiger partial charge >= 0.3 is 0 Å². The van der Waals surface area contributed by atoms with E-state index in [1.165, 1.54) is 11.1 Å². The number of nitrogens with one attached hydrogen (secondary N) is 1. The molecule has 1 atom stereocenters. The van der Waals surface area contributed by atoms with Gasteiger partial charge in [-0.05, 0) is 24.0 Å². The fourth-order valence-corrected chi connectivity index (χ4v) is 2.98. The third-order valence-corrected chi connectivity index (χ3v) is 4.31. The van der Waals surface area contributed by atoms with Crippen molar-refractivity contribution in [2.24, 2.45) is 5.16 Å². The minimum Gasteiger partial charge on any atom is -0.390 e. The number of carbonyl (C=O) groups excluding carboxylic acids is 1. The molecule has 0 aliphatic carbocycles. The van der Waals surface area contributed by atoms with E-state index in [-0.39, 0.29) is 12.0 Å². The molecule has 0 unspecified atom stereocenters. The summed E-state index contributed by atoms with van der Waals surface area (Å²) in [7, 11) is 0. The van der Waals surface area contributed by atoms with Gasteiger partial charge in [-0.15, -0.1) is 0 Å². The van der Waals surface area contributed by atoms with Crippen molar-refractivity contribution in [1.82, 2.24) is 10.2 Å². The highest BCUT2D eigenvalue weighted by Crippen LogP contribution is 2.18. The second-order valence-corrected chi connectivity index (χ2v) is 5.98. The molecular weight excluding hydrogens is 278 g/mol. The van der Waals surface area contributed by atoms with E-state index >= 15 is 0 Å². The van der Waals surface area contributed by atoms with Gasteiger partial charge in [0.25, 0.3) is 0 Å². The fourth-order valence-electron chi connectivity index (χ4n) is 2.98. The van der Waals surface area contributed by atoms with Crippen molar-refractivity contribution in [3.63, 3.8) is 0 Å². The third-order valence-electron chi connectivity index (χ3n) is 4.31. The van der Waals surface area contributed by atoms with E-state index < -0.39 is 0 Å². The second kappa shape index (κ2) is 6.92. The number of rotatable bonds is 5. The highest BCUT2D eigenvalue weighted by Gasteiger charge is 2.22. The van der Waals surface area contributed by atoms with E-state index in [4.69, 9.17) is 4.84 Å². The number of hydrogen-bond donors (Lipinski definition) is 1. The molecule has 118 valence electrons. The summed E-state index contributed by atoms with van der Waals surface area (Å²) in [6.45, 7) is 4.84. The van der Waals surface area contributed by atoms with Gasteiger partial charge in [-0.25, -0.2) is 0 Å². The van der Waals surface area contributed by atoms with Crippen molar-refractivity contribution >= 4 is 11.6 Å². The molecule has 0 saturated heterocycles. The molecule has 5 heteroatoms. The average molecular weight is 301 g/mol. The summed E-state index contributed by atoms with van der Waals surface area (Å²) in [6, 6.07) is 8.46.